The Bertz CT molecular complexity index is 329. The zero-order chi connectivity index (χ0) is 10.9. The smallest absolute Gasteiger partial charge is 0.302 e. The van der Waals surface area contributed by atoms with E-state index in [1.165, 1.54) is 0 Å². The van der Waals surface area contributed by atoms with Gasteiger partial charge in [-0.3, -0.25) is 5.10 Å². The van der Waals surface area contributed by atoms with E-state index in [1.807, 2.05) is 0 Å². The summed E-state index contributed by atoms with van der Waals surface area (Å²) in [6, 6.07) is 0. The molecule has 7 heteroatoms. The van der Waals surface area contributed by atoms with E-state index >= 15 is 0 Å². The first kappa shape index (κ1) is 10.4. The summed E-state index contributed by atoms with van der Waals surface area (Å²) in [4.78, 5) is 4.10. The quantitative estimate of drug-likeness (QED) is 0.804. The minimum Gasteiger partial charge on any atom is -0.302 e. The van der Waals surface area contributed by atoms with Crippen LogP contribution >= 0.6 is 0 Å². The van der Waals surface area contributed by atoms with Gasteiger partial charge in [0.1, 0.15) is 5.82 Å². The van der Waals surface area contributed by atoms with E-state index < -0.39 is 12.7 Å². The first-order chi connectivity index (χ1) is 7.04. The molecule has 0 bridgehead atoms. The van der Waals surface area contributed by atoms with Crippen LogP contribution in [0.25, 0.3) is 0 Å². The van der Waals surface area contributed by atoms with Crippen LogP contribution in [0.3, 0.4) is 0 Å². The van der Waals surface area contributed by atoms with Crippen molar-refractivity contribution in [3.05, 3.63) is 11.6 Å². The van der Waals surface area contributed by atoms with Crippen LogP contribution in [-0.2, 0) is 6.54 Å². The maximum atomic E-state index is 11.8. The summed E-state index contributed by atoms with van der Waals surface area (Å²) in [5.41, 5.74) is 0. The molecule has 0 saturated heterocycles. The lowest BCUT2D eigenvalue weighted by Crippen LogP contribution is -2.28. The molecule has 1 aromatic heterocycles. The van der Waals surface area contributed by atoms with Gasteiger partial charge in [-0.15, -0.1) is 0 Å². The largest absolute Gasteiger partial charge is 0.401 e. The summed E-state index contributed by atoms with van der Waals surface area (Å²) in [7, 11) is 0. The number of aromatic nitrogens is 3. The van der Waals surface area contributed by atoms with E-state index in [-0.39, 0.29) is 6.54 Å². The minimum atomic E-state index is -4.18. The standard InChI is InChI=1S/C8H11F3N4/c9-8(10,11)4-12-3-6-13-7(15-14-6)5-1-2-5/h5,12H,1-4H2,(H,13,14,15). The molecule has 0 aromatic carbocycles. The van der Waals surface area contributed by atoms with Gasteiger partial charge in [-0.2, -0.15) is 18.3 Å². The maximum absolute atomic E-state index is 11.8. The van der Waals surface area contributed by atoms with Gasteiger partial charge in [0.25, 0.3) is 0 Å². The Morgan fingerprint density at radius 1 is 1.40 bits per heavy atom. The number of H-pyrrole nitrogens is 1. The Morgan fingerprint density at radius 3 is 2.73 bits per heavy atom. The average molecular weight is 220 g/mol. The van der Waals surface area contributed by atoms with Crippen molar-refractivity contribution in [1.82, 2.24) is 20.5 Å². The predicted molar refractivity (Wildman–Crippen MR) is 46.1 cm³/mol. The number of rotatable bonds is 4. The first-order valence-electron chi connectivity index (χ1n) is 4.73. The second-order valence-electron chi connectivity index (χ2n) is 3.63. The second kappa shape index (κ2) is 3.80. The van der Waals surface area contributed by atoms with Gasteiger partial charge in [0.05, 0.1) is 13.1 Å². The zero-order valence-electron chi connectivity index (χ0n) is 7.93. The van der Waals surface area contributed by atoms with Gasteiger partial charge < -0.3 is 5.32 Å². The summed E-state index contributed by atoms with van der Waals surface area (Å²) in [6.45, 7) is -0.939. The third kappa shape index (κ3) is 3.19. The normalized spacial score (nSPS) is 17.0. The average Bonchev–Trinajstić information content (AvgIpc) is 2.86. The van der Waals surface area contributed by atoms with Gasteiger partial charge in [0.15, 0.2) is 5.82 Å². The molecule has 1 aliphatic rings. The van der Waals surface area contributed by atoms with Crippen LogP contribution in [-0.4, -0.2) is 27.9 Å². The van der Waals surface area contributed by atoms with Crippen LogP contribution in [0.2, 0.25) is 0 Å². The molecule has 0 unspecified atom stereocenters. The molecule has 0 spiro atoms. The molecule has 1 heterocycles. The van der Waals surface area contributed by atoms with E-state index in [0.29, 0.717) is 11.7 Å². The van der Waals surface area contributed by atoms with E-state index in [4.69, 9.17) is 0 Å². The van der Waals surface area contributed by atoms with Crippen molar-refractivity contribution in [2.45, 2.75) is 31.5 Å². The third-order valence-corrected chi connectivity index (χ3v) is 2.11. The van der Waals surface area contributed by atoms with Crippen molar-refractivity contribution < 1.29 is 13.2 Å². The Hall–Kier alpha value is -1.11. The molecular formula is C8H11F3N4. The van der Waals surface area contributed by atoms with Crippen molar-refractivity contribution in [2.75, 3.05) is 6.54 Å². The van der Waals surface area contributed by atoms with Crippen molar-refractivity contribution >= 4 is 0 Å². The first-order valence-corrected chi connectivity index (χ1v) is 4.73. The van der Waals surface area contributed by atoms with Crippen LogP contribution in [0.4, 0.5) is 13.2 Å². The zero-order valence-corrected chi connectivity index (χ0v) is 7.93. The molecule has 1 aliphatic carbocycles. The SMILES string of the molecule is FC(F)(F)CNCc1nc(C2CC2)n[nH]1. The lowest BCUT2D eigenvalue weighted by molar-refractivity contribution is -0.125. The Morgan fingerprint density at radius 2 is 2.13 bits per heavy atom. The third-order valence-electron chi connectivity index (χ3n) is 2.11. The Balaban J connectivity index is 1.78. The van der Waals surface area contributed by atoms with Crippen LogP contribution in [0.15, 0.2) is 0 Å². The van der Waals surface area contributed by atoms with Crippen LogP contribution in [0, 0.1) is 0 Å². The topological polar surface area (TPSA) is 53.6 Å². The number of alkyl halides is 3. The maximum Gasteiger partial charge on any atom is 0.401 e. The summed E-state index contributed by atoms with van der Waals surface area (Å²) >= 11 is 0. The fraction of sp³-hybridized carbons (Fsp3) is 0.750. The lowest BCUT2D eigenvalue weighted by atomic mass is 10.4. The Kier molecular flexibility index (Phi) is 2.64. The number of nitrogens with one attached hydrogen (secondary N) is 2. The van der Waals surface area contributed by atoms with Crippen LogP contribution in [0.5, 0.6) is 0 Å². The van der Waals surface area contributed by atoms with E-state index in [9.17, 15) is 13.2 Å². The highest BCUT2D eigenvalue weighted by Gasteiger charge is 2.28. The molecular weight excluding hydrogens is 209 g/mol. The van der Waals surface area contributed by atoms with E-state index in [0.717, 1.165) is 18.7 Å². The van der Waals surface area contributed by atoms with Crippen molar-refractivity contribution in [2.24, 2.45) is 0 Å². The molecule has 15 heavy (non-hydrogen) atoms. The fourth-order valence-electron chi connectivity index (χ4n) is 1.24. The summed E-state index contributed by atoms with van der Waals surface area (Å²) in [5, 5.41) is 8.81. The van der Waals surface area contributed by atoms with Gasteiger partial charge >= 0.3 is 6.18 Å². The highest BCUT2D eigenvalue weighted by atomic mass is 19.4. The number of nitrogens with zero attached hydrogens (tertiary/aromatic N) is 2. The number of aromatic amines is 1. The van der Waals surface area contributed by atoms with E-state index in [1.54, 1.807) is 0 Å². The highest BCUT2D eigenvalue weighted by Crippen LogP contribution is 2.37. The fourth-order valence-corrected chi connectivity index (χ4v) is 1.24. The van der Waals surface area contributed by atoms with Crippen LogP contribution < -0.4 is 5.32 Å². The van der Waals surface area contributed by atoms with Crippen LogP contribution in [0.1, 0.15) is 30.4 Å². The molecule has 2 rings (SSSR count). The molecule has 1 saturated carbocycles. The molecule has 1 aromatic rings. The van der Waals surface area contributed by atoms with Gasteiger partial charge in [-0.25, -0.2) is 4.98 Å². The molecule has 0 atom stereocenters. The van der Waals surface area contributed by atoms with Gasteiger partial charge in [-0.05, 0) is 12.8 Å². The number of hydrogen-bond acceptors (Lipinski definition) is 3. The van der Waals surface area contributed by atoms with Gasteiger partial charge in [0.2, 0.25) is 0 Å². The van der Waals surface area contributed by atoms with E-state index in [2.05, 4.69) is 20.5 Å². The van der Waals surface area contributed by atoms with Gasteiger partial charge in [0, 0.05) is 5.92 Å². The Labute approximate surface area is 84.3 Å². The molecule has 1 fully saturated rings. The summed E-state index contributed by atoms with van der Waals surface area (Å²) < 4.78 is 35.4. The second-order valence-corrected chi connectivity index (χ2v) is 3.63. The molecule has 84 valence electrons. The molecule has 4 nitrogen and oxygen atoms in total. The number of halogens is 3. The monoisotopic (exact) mass is 220 g/mol. The molecule has 0 aliphatic heterocycles. The summed E-state index contributed by atoms with van der Waals surface area (Å²) in [6.07, 6.45) is -2.03. The lowest BCUT2D eigenvalue weighted by Gasteiger charge is -2.05. The predicted octanol–water partition coefficient (Wildman–Crippen LogP) is 1.33. The number of hydrogen-bond donors (Lipinski definition) is 2. The minimum absolute atomic E-state index is 0.0687. The van der Waals surface area contributed by atoms with Gasteiger partial charge in [-0.1, -0.05) is 0 Å². The highest BCUT2D eigenvalue weighted by molar-refractivity contribution is 5.04. The van der Waals surface area contributed by atoms with Crippen molar-refractivity contribution in [3.8, 4) is 0 Å². The molecule has 0 amide bonds. The summed E-state index contributed by atoms with van der Waals surface area (Å²) in [5.74, 6) is 1.59. The van der Waals surface area contributed by atoms with Crippen molar-refractivity contribution in [3.63, 3.8) is 0 Å². The molecule has 0 radical (unpaired) electrons. The van der Waals surface area contributed by atoms with Crippen molar-refractivity contribution in [1.29, 1.82) is 0 Å². The molecule has 2 N–H and O–H groups in total.